The van der Waals surface area contributed by atoms with E-state index in [2.05, 4.69) is 0 Å². The summed E-state index contributed by atoms with van der Waals surface area (Å²) < 4.78 is 54.3. The van der Waals surface area contributed by atoms with Gasteiger partial charge >= 0.3 is 10.4 Å². The Morgan fingerprint density at radius 2 is 1.39 bits per heavy atom. The van der Waals surface area contributed by atoms with Crippen molar-refractivity contribution in [3.05, 3.63) is 24.3 Å². The van der Waals surface area contributed by atoms with Gasteiger partial charge in [0.25, 0.3) is 0 Å². The third kappa shape index (κ3) is 7.97. The van der Waals surface area contributed by atoms with E-state index >= 15 is 0 Å². The van der Waals surface area contributed by atoms with E-state index in [1.165, 1.54) is 24.3 Å². The molecule has 8 nitrogen and oxygen atoms in total. The Morgan fingerprint density at radius 1 is 1.00 bits per heavy atom. The number of sulfone groups is 1. The Morgan fingerprint density at radius 3 is 1.72 bits per heavy atom. The van der Waals surface area contributed by atoms with Gasteiger partial charge in [0.2, 0.25) is 0 Å². The maximum Gasteiger partial charge on any atom is 0.394 e. The minimum absolute atomic E-state index is 0.191. The summed E-state index contributed by atoms with van der Waals surface area (Å²) in [5, 5.41) is 8.51. The van der Waals surface area contributed by atoms with E-state index in [1.807, 2.05) is 0 Å². The van der Waals surface area contributed by atoms with Crippen molar-refractivity contribution >= 4 is 25.9 Å². The lowest BCUT2D eigenvalue weighted by Gasteiger charge is -2.01. The Hall–Kier alpha value is -1.20. The van der Waals surface area contributed by atoms with E-state index in [0.29, 0.717) is 5.69 Å². The van der Waals surface area contributed by atoms with Crippen LogP contribution in [0.5, 0.6) is 0 Å². The summed E-state index contributed by atoms with van der Waals surface area (Å²) in [6.07, 6.45) is 0. The van der Waals surface area contributed by atoms with Crippen LogP contribution in [-0.4, -0.2) is 43.4 Å². The largest absolute Gasteiger partial charge is 0.399 e. The van der Waals surface area contributed by atoms with Crippen molar-refractivity contribution in [3.63, 3.8) is 0 Å². The highest BCUT2D eigenvalue weighted by molar-refractivity contribution is 7.91. The van der Waals surface area contributed by atoms with Gasteiger partial charge in [0.1, 0.15) is 0 Å². The molecule has 0 aliphatic carbocycles. The fourth-order valence-corrected chi connectivity index (χ4v) is 1.94. The Labute approximate surface area is 105 Å². The molecule has 0 aliphatic heterocycles. The number of aliphatic hydroxyl groups is 1. The van der Waals surface area contributed by atoms with Gasteiger partial charge in [0.05, 0.1) is 17.3 Å². The third-order valence-electron chi connectivity index (χ3n) is 1.60. The maximum atomic E-state index is 11.3. The molecular formula is C8H13NO7S2. The number of anilines is 1. The summed E-state index contributed by atoms with van der Waals surface area (Å²) in [5.74, 6) is -0.253. The summed E-state index contributed by atoms with van der Waals surface area (Å²) >= 11 is 0. The average Bonchev–Trinajstić information content (AvgIpc) is 2.15. The molecule has 1 rings (SSSR count). The smallest absolute Gasteiger partial charge is 0.394 e. The highest BCUT2D eigenvalue weighted by Gasteiger charge is 2.12. The van der Waals surface area contributed by atoms with Crippen LogP contribution in [0.3, 0.4) is 0 Å². The van der Waals surface area contributed by atoms with Gasteiger partial charge in [-0.25, -0.2) is 8.42 Å². The highest BCUT2D eigenvalue weighted by Crippen LogP contribution is 2.12. The second-order valence-electron chi connectivity index (χ2n) is 3.06. The van der Waals surface area contributed by atoms with Gasteiger partial charge in [-0.2, -0.15) is 8.42 Å². The van der Waals surface area contributed by atoms with Crippen molar-refractivity contribution in [2.75, 3.05) is 18.1 Å². The molecule has 10 heteroatoms. The first-order valence-corrected chi connectivity index (χ1v) is 7.50. The summed E-state index contributed by atoms with van der Waals surface area (Å²) in [4.78, 5) is 0.191. The number of rotatable bonds is 3. The minimum Gasteiger partial charge on any atom is -0.399 e. The van der Waals surface area contributed by atoms with Crippen LogP contribution < -0.4 is 5.73 Å². The maximum absolute atomic E-state index is 11.3. The van der Waals surface area contributed by atoms with Crippen LogP contribution in [0.25, 0.3) is 0 Å². The topological polar surface area (TPSA) is 155 Å². The number of hydrogen-bond acceptors (Lipinski definition) is 6. The van der Waals surface area contributed by atoms with E-state index in [-0.39, 0.29) is 17.3 Å². The number of benzene rings is 1. The zero-order valence-electron chi connectivity index (χ0n) is 9.09. The van der Waals surface area contributed by atoms with Crippen LogP contribution in [0, 0.1) is 0 Å². The molecule has 0 atom stereocenters. The van der Waals surface area contributed by atoms with Gasteiger partial charge in [0, 0.05) is 5.69 Å². The van der Waals surface area contributed by atoms with Crippen LogP contribution in [-0.2, 0) is 20.2 Å². The zero-order valence-corrected chi connectivity index (χ0v) is 10.7. The van der Waals surface area contributed by atoms with Gasteiger partial charge in [-0.15, -0.1) is 0 Å². The predicted molar refractivity (Wildman–Crippen MR) is 64.2 cm³/mol. The molecule has 18 heavy (non-hydrogen) atoms. The van der Waals surface area contributed by atoms with Crippen LogP contribution >= 0.6 is 0 Å². The molecule has 1 aromatic carbocycles. The van der Waals surface area contributed by atoms with Crippen LogP contribution in [0.1, 0.15) is 0 Å². The Balaban J connectivity index is 0.000000494. The van der Waals surface area contributed by atoms with Gasteiger partial charge in [0.15, 0.2) is 9.84 Å². The number of aliphatic hydroxyl groups excluding tert-OH is 1. The molecule has 104 valence electrons. The molecule has 0 amide bonds. The van der Waals surface area contributed by atoms with Crippen molar-refractivity contribution < 1.29 is 31.0 Å². The molecule has 0 bridgehead atoms. The first-order valence-electron chi connectivity index (χ1n) is 4.45. The summed E-state index contributed by atoms with van der Waals surface area (Å²) in [5.41, 5.74) is 5.92. The van der Waals surface area contributed by atoms with E-state index < -0.39 is 20.2 Å². The minimum atomic E-state index is -4.67. The summed E-state index contributed by atoms with van der Waals surface area (Å²) in [6.45, 7) is -0.368. The quantitative estimate of drug-likeness (QED) is 0.425. The molecule has 0 radical (unpaired) electrons. The number of nitrogens with two attached hydrogens (primary N) is 1. The van der Waals surface area contributed by atoms with Crippen LogP contribution in [0.2, 0.25) is 0 Å². The van der Waals surface area contributed by atoms with E-state index in [1.54, 1.807) is 0 Å². The molecule has 0 aliphatic rings. The second-order valence-corrected chi connectivity index (χ2v) is 6.06. The average molecular weight is 299 g/mol. The van der Waals surface area contributed by atoms with E-state index in [4.69, 9.17) is 28.4 Å². The fourth-order valence-electron chi connectivity index (χ4n) is 0.913. The SMILES string of the molecule is Nc1ccc(S(=O)(=O)CCO)cc1.O=S(=O)(O)O. The van der Waals surface area contributed by atoms with Gasteiger partial charge < -0.3 is 10.8 Å². The van der Waals surface area contributed by atoms with Gasteiger partial charge in [-0.1, -0.05) is 0 Å². The molecule has 0 heterocycles. The van der Waals surface area contributed by atoms with Crippen molar-refractivity contribution in [1.29, 1.82) is 0 Å². The lowest BCUT2D eigenvalue weighted by atomic mass is 10.3. The molecule has 5 N–H and O–H groups in total. The number of nitrogen functional groups attached to an aromatic ring is 1. The van der Waals surface area contributed by atoms with Crippen LogP contribution in [0.4, 0.5) is 5.69 Å². The molecule has 0 saturated carbocycles. The number of hydrogen-bond donors (Lipinski definition) is 4. The summed E-state index contributed by atoms with van der Waals surface area (Å²) in [7, 11) is -8.00. The lowest BCUT2D eigenvalue weighted by molar-refractivity contribution is 0.319. The van der Waals surface area contributed by atoms with Crippen molar-refractivity contribution in [2.45, 2.75) is 4.90 Å². The molecule has 0 aromatic heterocycles. The first-order chi connectivity index (χ1) is 8.06. The van der Waals surface area contributed by atoms with Crippen molar-refractivity contribution in [1.82, 2.24) is 0 Å². The monoisotopic (exact) mass is 299 g/mol. The second kappa shape index (κ2) is 6.66. The van der Waals surface area contributed by atoms with Crippen molar-refractivity contribution in [2.24, 2.45) is 0 Å². The third-order valence-corrected chi connectivity index (χ3v) is 3.31. The van der Waals surface area contributed by atoms with Crippen molar-refractivity contribution in [3.8, 4) is 0 Å². The van der Waals surface area contributed by atoms with Gasteiger partial charge in [-0.3, -0.25) is 9.11 Å². The Kier molecular flexibility index (Phi) is 6.21. The van der Waals surface area contributed by atoms with Crippen LogP contribution in [0.15, 0.2) is 29.2 Å². The standard InChI is InChI=1S/C8H11NO3S.H2O4S/c9-7-1-3-8(4-2-7)13(11,12)6-5-10;1-5(2,3)4/h1-4,10H,5-6,9H2;(H2,1,2,3,4). The van der Waals surface area contributed by atoms with E-state index in [0.717, 1.165) is 0 Å². The lowest BCUT2D eigenvalue weighted by Crippen LogP contribution is -2.09. The normalized spacial score (nSPS) is 11.5. The molecule has 0 saturated heterocycles. The molecular weight excluding hydrogens is 286 g/mol. The molecule has 0 fully saturated rings. The van der Waals surface area contributed by atoms with E-state index in [9.17, 15) is 8.42 Å². The zero-order chi connectivity index (χ0) is 14.4. The van der Waals surface area contributed by atoms with Gasteiger partial charge in [-0.05, 0) is 24.3 Å². The molecule has 0 unspecified atom stereocenters. The predicted octanol–water partition coefficient (Wildman–Crippen LogP) is -0.618. The fraction of sp³-hybridized carbons (Fsp3) is 0.250. The molecule has 1 aromatic rings. The Bertz CT molecular complexity index is 554. The first kappa shape index (κ1) is 16.8. The molecule has 0 spiro atoms. The summed E-state index contributed by atoms with van der Waals surface area (Å²) in [6, 6.07) is 5.90. The highest BCUT2D eigenvalue weighted by atomic mass is 32.3.